The molecule has 28 heavy (non-hydrogen) atoms. The lowest BCUT2D eigenvalue weighted by Gasteiger charge is -2.26. The van der Waals surface area contributed by atoms with E-state index in [4.69, 9.17) is 0 Å². The molecule has 1 saturated carbocycles. The highest BCUT2D eigenvalue weighted by molar-refractivity contribution is 5.27. The zero-order valence-electron chi connectivity index (χ0n) is 15.4. The summed E-state index contributed by atoms with van der Waals surface area (Å²) >= 11 is 0. The third kappa shape index (κ3) is 3.94. The summed E-state index contributed by atoms with van der Waals surface area (Å²) < 4.78 is 51.7. The number of likely N-dealkylation sites (tertiary alicyclic amines) is 1. The summed E-state index contributed by atoms with van der Waals surface area (Å²) in [6.07, 6.45) is -2.45. The topological polar surface area (TPSA) is 23.5 Å². The molecule has 4 rings (SSSR count). The van der Waals surface area contributed by atoms with Crippen LogP contribution in [-0.4, -0.2) is 29.6 Å². The molecule has 0 bridgehead atoms. The van der Waals surface area contributed by atoms with E-state index in [9.17, 15) is 22.7 Å². The van der Waals surface area contributed by atoms with Gasteiger partial charge in [-0.05, 0) is 60.4 Å². The SMILES string of the molecule is OC1(c2ccc(F)cc2)CC2CN(CCc3cccc(C(F)(F)F)c3)CC2C1. The average Bonchev–Trinajstić information content (AvgIpc) is 3.15. The molecule has 2 fully saturated rings. The maximum Gasteiger partial charge on any atom is 0.416 e. The lowest BCUT2D eigenvalue weighted by molar-refractivity contribution is -0.137. The van der Waals surface area contributed by atoms with E-state index in [1.54, 1.807) is 18.2 Å². The molecule has 1 aliphatic carbocycles. The molecule has 1 aliphatic heterocycles. The quantitative estimate of drug-likeness (QED) is 0.767. The molecule has 1 saturated heterocycles. The Morgan fingerprint density at radius 1 is 1.00 bits per heavy atom. The van der Waals surface area contributed by atoms with Gasteiger partial charge in [0.15, 0.2) is 0 Å². The minimum Gasteiger partial charge on any atom is -0.385 e. The number of fused-ring (bicyclic) bond motifs is 1. The molecule has 2 unspecified atom stereocenters. The standard InChI is InChI=1S/C22H23F4NO/c23-20-6-4-18(5-7-20)21(28)11-16-13-27(14-17(16)12-21)9-8-15-2-1-3-19(10-15)22(24,25)26/h1-7,10,16-17,28H,8-9,11-14H2. The highest BCUT2D eigenvalue weighted by Gasteiger charge is 2.48. The van der Waals surface area contributed by atoms with Crippen molar-refractivity contribution in [1.82, 2.24) is 4.90 Å². The second-order valence-corrected chi connectivity index (χ2v) is 8.17. The van der Waals surface area contributed by atoms with Gasteiger partial charge in [0.1, 0.15) is 5.82 Å². The van der Waals surface area contributed by atoms with E-state index in [0.29, 0.717) is 43.2 Å². The van der Waals surface area contributed by atoms with Crippen LogP contribution in [0.2, 0.25) is 0 Å². The lowest BCUT2D eigenvalue weighted by atomic mass is 9.90. The number of hydrogen-bond acceptors (Lipinski definition) is 2. The number of hydrogen-bond donors (Lipinski definition) is 1. The summed E-state index contributed by atoms with van der Waals surface area (Å²) in [4.78, 5) is 2.28. The number of aliphatic hydroxyl groups is 1. The van der Waals surface area contributed by atoms with Gasteiger partial charge in [0, 0.05) is 19.6 Å². The first-order chi connectivity index (χ1) is 13.2. The lowest BCUT2D eigenvalue weighted by Crippen LogP contribution is -2.29. The smallest absolute Gasteiger partial charge is 0.385 e. The fourth-order valence-corrected chi connectivity index (χ4v) is 4.82. The summed E-state index contributed by atoms with van der Waals surface area (Å²) in [6.45, 7) is 2.39. The number of alkyl halides is 3. The Kier molecular flexibility index (Phi) is 4.96. The molecule has 2 aliphatic rings. The van der Waals surface area contributed by atoms with Gasteiger partial charge in [-0.1, -0.05) is 30.3 Å². The van der Waals surface area contributed by atoms with Gasteiger partial charge in [0.25, 0.3) is 0 Å². The fourth-order valence-electron chi connectivity index (χ4n) is 4.82. The van der Waals surface area contributed by atoms with E-state index in [2.05, 4.69) is 4.90 Å². The van der Waals surface area contributed by atoms with E-state index < -0.39 is 17.3 Å². The van der Waals surface area contributed by atoms with Crippen LogP contribution in [0.3, 0.4) is 0 Å². The van der Waals surface area contributed by atoms with E-state index in [1.165, 1.54) is 24.3 Å². The zero-order valence-corrected chi connectivity index (χ0v) is 15.4. The van der Waals surface area contributed by atoms with Crippen molar-refractivity contribution in [2.75, 3.05) is 19.6 Å². The van der Waals surface area contributed by atoms with Crippen LogP contribution < -0.4 is 0 Å². The van der Waals surface area contributed by atoms with Crippen LogP contribution in [0.15, 0.2) is 48.5 Å². The Hall–Kier alpha value is -1.92. The second kappa shape index (κ2) is 7.16. The number of benzene rings is 2. The first-order valence-corrected chi connectivity index (χ1v) is 9.60. The predicted octanol–water partition coefficient (Wildman–Crippen LogP) is 4.62. The van der Waals surface area contributed by atoms with E-state index in [-0.39, 0.29) is 5.82 Å². The van der Waals surface area contributed by atoms with Gasteiger partial charge < -0.3 is 10.0 Å². The van der Waals surface area contributed by atoms with Crippen LogP contribution in [0, 0.1) is 17.7 Å². The molecule has 0 spiro atoms. The molecule has 2 aromatic carbocycles. The molecule has 0 aromatic heterocycles. The van der Waals surface area contributed by atoms with Crippen molar-refractivity contribution < 1.29 is 22.7 Å². The summed E-state index contributed by atoms with van der Waals surface area (Å²) in [6, 6.07) is 11.6. The summed E-state index contributed by atoms with van der Waals surface area (Å²) in [5.74, 6) is 0.402. The number of rotatable bonds is 4. The minimum absolute atomic E-state index is 0.314. The second-order valence-electron chi connectivity index (χ2n) is 8.17. The molecule has 0 radical (unpaired) electrons. The molecule has 6 heteroatoms. The molecule has 2 aromatic rings. The van der Waals surface area contributed by atoms with Crippen LogP contribution >= 0.6 is 0 Å². The van der Waals surface area contributed by atoms with Crippen molar-refractivity contribution in [3.05, 3.63) is 71.0 Å². The Balaban J connectivity index is 1.34. The maximum absolute atomic E-state index is 13.1. The van der Waals surface area contributed by atoms with Crippen molar-refractivity contribution >= 4 is 0 Å². The van der Waals surface area contributed by atoms with Gasteiger partial charge in [-0.3, -0.25) is 0 Å². The number of nitrogens with zero attached hydrogens (tertiary/aromatic N) is 1. The largest absolute Gasteiger partial charge is 0.416 e. The molecular weight excluding hydrogens is 370 g/mol. The molecule has 1 N–H and O–H groups in total. The fraction of sp³-hybridized carbons (Fsp3) is 0.455. The first kappa shape index (κ1) is 19.4. The van der Waals surface area contributed by atoms with E-state index >= 15 is 0 Å². The van der Waals surface area contributed by atoms with Crippen LogP contribution in [0.4, 0.5) is 17.6 Å². The van der Waals surface area contributed by atoms with Crippen molar-refractivity contribution in [2.24, 2.45) is 11.8 Å². The normalized spacial score (nSPS) is 27.9. The number of halogens is 4. The Morgan fingerprint density at radius 2 is 1.64 bits per heavy atom. The molecule has 2 nitrogen and oxygen atoms in total. The highest BCUT2D eigenvalue weighted by atomic mass is 19.4. The third-order valence-electron chi connectivity index (χ3n) is 6.20. The predicted molar refractivity (Wildman–Crippen MR) is 98.1 cm³/mol. The molecule has 0 amide bonds. The van der Waals surface area contributed by atoms with Crippen LogP contribution in [0.5, 0.6) is 0 Å². The maximum atomic E-state index is 13.1. The first-order valence-electron chi connectivity index (χ1n) is 9.60. The van der Waals surface area contributed by atoms with Crippen LogP contribution in [0.1, 0.15) is 29.5 Å². The summed E-state index contributed by atoms with van der Waals surface area (Å²) in [5.41, 5.74) is -0.0583. The average molecular weight is 393 g/mol. The monoisotopic (exact) mass is 393 g/mol. The minimum atomic E-state index is -4.31. The van der Waals surface area contributed by atoms with Crippen molar-refractivity contribution in [3.8, 4) is 0 Å². The van der Waals surface area contributed by atoms with Gasteiger partial charge >= 0.3 is 6.18 Å². The molecule has 2 atom stereocenters. The molecular formula is C22H23F4NO. The van der Waals surface area contributed by atoms with Crippen molar-refractivity contribution in [3.63, 3.8) is 0 Å². The van der Waals surface area contributed by atoms with Gasteiger partial charge in [0.05, 0.1) is 11.2 Å². The van der Waals surface area contributed by atoms with Gasteiger partial charge in [-0.25, -0.2) is 4.39 Å². The molecule has 1 heterocycles. The molecule has 150 valence electrons. The Labute approximate surface area is 161 Å². The third-order valence-corrected chi connectivity index (χ3v) is 6.20. The van der Waals surface area contributed by atoms with E-state index in [0.717, 1.165) is 24.7 Å². The van der Waals surface area contributed by atoms with Crippen molar-refractivity contribution in [1.29, 1.82) is 0 Å². The van der Waals surface area contributed by atoms with Gasteiger partial charge in [0.2, 0.25) is 0 Å². The Morgan fingerprint density at radius 3 is 2.25 bits per heavy atom. The highest BCUT2D eigenvalue weighted by Crippen LogP contribution is 2.48. The van der Waals surface area contributed by atoms with Crippen LogP contribution in [0.25, 0.3) is 0 Å². The van der Waals surface area contributed by atoms with Gasteiger partial charge in [-0.2, -0.15) is 13.2 Å². The summed E-state index contributed by atoms with van der Waals surface area (Å²) in [7, 11) is 0. The Bertz CT molecular complexity index is 819. The van der Waals surface area contributed by atoms with Gasteiger partial charge in [-0.15, -0.1) is 0 Å². The van der Waals surface area contributed by atoms with E-state index in [1.807, 2.05) is 0 Å². The summed E-state index contributed by atoms with van der Waals surface area (Å²) in [5, 5.41) is 11.0. The van der Waals surface area contributed by atoms with Crippen LogP contribution in [-0.2, 0) is 18.2 Å². The zero-order chi connectivity index (χ0) is 19.9. The van der Waals surface area contributed by atoms with Crippen molar-refractivity contribution in [2.45, 2.75) is 31.0 Å².